The lowest BCUT2D eigenvalue weighted by Gasteiger charge is -2.19. The van der Waals surface area contributed by atoms with Crippen molar-refractivity contribution in [3.05, 3.63) is 18.6 Å². The van der Waals surface area contributed by atoms with Gasteiger partial charge in [0.2, 0.25) is 0 Å². The zero-order chi connectivity index (χ0) is 30.6. The van der Waals surface area contributed by atoms with Gasteiger partial charge in [-0.2, -0.15) is 11.8 Å². The van der Waals surface area contributed by atoms with Gasteiger partial charge in [-0.15, -0.1) is 0 Å². The van der Waals surface area contributed by atoms with Gasteiger partial charge in [-0.3, -0.25) is 0 Å². The van der Waals surface area contributed by atoms with E-state index in [1.807, 2.05) is 18.2 Å². The molecule has 0 saturated heterocycles. The number of hydrogen-bond donors (Lipinski definition) is 2. The highest BCUT2D eigenvalue weighted by atomic mass is 32.2. The zero-order valence-electron chi connectivity index (χ0n) is 28.5. The first-order valence-corrected chi connectivity index (χ1v) is 19.9. The van der Waals surface area contributed by atoms with Crippen molar-refractivity contribution in [3.8, 4) is 0 Å². The Morgan fingerprint density at radius 1 is 0.571 bits per heavy atom. The Bertz CT molecular complexity index is 513. The summed E-state index contributed by atoms with van der Waals surface area (Å²) in [5.74, 6) is 2.19. The van der Waals surface area contributed by atoms with Crippen molar-refractivity contribution in [1.82, 2.24) is 0 Å². The van der Waals surface area contributed by atoms with E-state index in [0.29, 0.717) is 0 Å². The number of hydrogen-bond acceptors (Lipinski definition) is 4. The summed E-state index contributed by atoms with van der Waals surface area (Å²) >= 11 is 2.00. The monoisotopic (exact) mass is 612 g/mol. The van der Waals surface area contributed by atoms with Crippen LogP contribution in [-0.2, 0) is 4.74 Å². The second kappa shape index (κ2) is 37.2. The van der Waals surface area contributed by atoms with Gasteiger partial charge in [0, 0.05) is 12.4 Å². The van der Waals surface area contributed by atoms with Crippen molar-refractivity contribution in [3.63, 3.8) is 0 Å². The molecule has 0 heterocycles. The van der Waals surface area contributed by atoms with Crippen LogP contribution in [0.3, 0.4) is 0 Å². The number of aliphatic hydroxyl groups excluding tert-OH is 2. The first-order valence-electron chi connectivity index (χ1n) is 18.7. The molecule has 0 rings (SSSR count). The summed E-state index contributed by atoms with van der Waals surface area (Å²) in [6.45, 7) is 5.17. The molecular formula is C38H75O3S. The van der Waals surface area contributed by atoms with Gasteiger partial charge < -0.3 is 14.9 Å². The Labute approximate surface area is 268 Å². The van der Waals surface area contributed by atoms with E-state index >= 15 is 0 Å². The van der Waals surface area contributed by atoms with Gasteiger partial charge in [0.15, 0.2) is 0 Å². The van der Waals surface area contributed by atoms with Crippen LogP contribution in [0.15, 0.2) is 12.2 Å². The molecular weight excluding hydrogens is 536 g/mol. The summed E-state index contributed by atoms with van der Waals surface area (Å²) in [6, 6.07) is 0. The summed E-state index contributed by atoms with van der Waals surface area (Å²) in [7, 11) is 0. The lowest BCUT2D eigenvalue weighted by molar-refractivity contribution is 0.0548. The molecule has 1 radical (unpaired) electrons. The minimum atomic E-state index is -0.734. The zero-order valence-corrected chi connectivity index (χ0v) is 29.3. The molecule has 0 aliphatic heterocycles. The molecule has 251 valence electrons. The molecule has 2 N–H and O–H groups in total. The molecule has 0 bridgehead atoms. The third-order valence-electron chi connectivity index (χ3n) is 8.31. The minimum Gasteiger partial charge on any atom is -0.394 e. The molecule has 0 amide bonds. The smallest absolute Gasteiger partial charge is 0.0803 e. The predicted octanol–water partition coefficient (Wildman–Crippen LogP) is 11.8. The molecule has 2 unspecified atom stereocenters. The van der Waals surface area contributed by atoms with Gasteiger partial charge >= 0.3 is 0 Å². The van der Waals surface area contributed by atoms with Gasteiger partial charge in [-0.25, -0.2) is 0 Å². The Balaban J connectivity index is 3.67. The number of thioether (sulfide) groups is 1. The van der Waals surface area contributed by atoms with Crippen molar-refractivity contribution in [1.29, 1.82) is 0 Å². The largest absolute Gasteiger partial charge is 0.394 e. The van der Waals surface area contributed by atoms with E-state index in [4.69, 9.17) is 9.84 Å². The summed E-state index contributed by atoms with van der Waals surface area (Å²) in [6.07, 6.45) is 42.0. The van der Waals surface area contributed by atoms with Gasteiger partial charge in [0.05, 0.1) is 18.8 Å². The number of allylic oxidation sites excluding steroid dienone is 2. The summed E-state index contributed by atoms with van der Waals surface area (Å²) in [5.41, 5.74) is 0. The van der Waals surface area contributed by atoms with Crippen molar-refractivity contribution in [2.24, 2.45) is 0 Å². The predicted molar refractivity (Wildman–Crippen MR) is 190 cm³/mol. The molecule has 0 spiro atoms. The van der Waals surface area contributed by atoms with E-state index in [9.17, 15) is 5.11 Å². The highest BCUT2D eigenvalue weighted by molar-refractivity contribution is 7.99. The van der Waals surface area contributed by atoms with Crippen LogP contribution in [0.5, 0.6) is 0 Å². The number of unbranched alkanes of at least 4 members (excludes halogenated alkanes) is 23. The standard InChI is InChI=1S/C38H75O3S/c1-3-5-7-9-11-13-15-17-19-21-23-25-27-29-33-41-38(32-31-37(40)35-39)36-42-34-30-28-26-24-22-20-18-16-14-12-10-8-6-4-2/h13,15,31,37-40H,3-12,14,16-30,32-36H2,1-2H3/b15-13+. The number of ether oxygens (including phenoxy) is 1. The quantitative estimate of drug-likeness (QED) is 0.0546. The van der Waals surface area contributed by atoms with Gasteiger partial charge in [0.1, 0.15) is 0 Å². The fourth-order valence-corrected chi connectivity index (χ4v) is 6.50. The lowest BCUT2D eigenvalue weighted by Crippen LogP contribution is -2.22. The van der Waals surface area contributed by atoms with Crippen molar-refractivity contribution in [2.75, 3.05) is 24.7 Å². The molecule has 0 fully saturated rings. The van der Waals surface area contributed by atoms with Crippen LogP contribution in [0.4, 0.5) is 0 Å². The molecule has 42 heavy (non-hydrogen) atoms. The first kappa shape index (κ1) is 42.0. The molecule has 4 heteroatoms. The second-order valence-corrected chi connectivity index (χ2v) is 13.8. The maximum Gasteiger partial charge on any atom is 0.0803 e. The summed E-state index contributed by atoms with van der Waals surface area (Å²) in [4.78, 5) is 0. The number of aliphatic hydroxyl groups is 2. The Hall–Kier alpha value is -0.0300. The van der Waals surface area contributed by atoms with Crippen LogP contribution in [0, 0.1) is 6.42 Å². The van der Waals surface area contributed by atoms with Crippen LogP contribution in [0.1, 0.15) is 187 Å². The van der Waals surface area contributed by atoms with Gasteiger partial charge in [-0.05, 0) is 57.1 Å². The number of rotatable bonds is 36. The Morgan fingerprint density at radius 2 is 1.00 bits per heavy atom. The van der Waals surface area contributed by atoms with E-state index in [1.54, 1.807) is 0 Å². The minimum absolute atomic E-state index is 0.150. The molecule has 0 aromatic carbocycles. The van der Waals surface area contributed by atoms with Crippen LogP contribution in [0.2, 0.25) is 0 Å². The van der Waals surface area contributed by atoms with Gasteiger partial charge in [-0.1, -0.05) is 154 Å². The van der Waals surface area contributed by atoms with Crippen molar-refractivity contribution >= 4 is 11.8 Å². The van der Waals surface area contributed by atoms with Crippen molar-refractivity contribution < 1.29 is 14.9 Å². The van der Waals surface area contributed by atoms with E-state index in [2.05, 4.69) is 26.0 Å². The second-order valence-electron chi connectivity index (χ2n) is 12.6. The van der Waals surface area contributed by atoms with E-state index < -0.39 is 6.10 Å². The first-order chi connectivity index (χ1) is 20.7. The molecule has 0 aliphatic rings. The fourth-order valence-electron chi connectivity index (χ4n) is 5.43. The Kier molecular flexibility index (Phi) is 37.1. The summed E-state index contributed by atoms with van der Waals surface area (Å²) < 4.78 is 6.21. The van der Waals surface area contributed by atoms with Gasteiger partial charge in [0.25, 0.3) is 0 Å². The SMILES string of the molecule is CCCCCC/C=C/CCCCCCCCOC(C[CH]C(O)CO)CSCCCCCCCCCCCCCCCC. The molecule has 0 aromatic rings. The van der Waals surface area contributed by atoms with E-state index in [-0.39, 0.29) is 12.7 Å². The van der Waals surface area contributed by atoms with Crippen LogP contribution >= 0.6 is 11.8 Å². The fraction of sp³-hybridized carbons (Fsp3) is 0.921. The van der Waals surface area contributed by atoms with Crippen LogP contribution in [-0.4, -0.2) is 47.1 Å². The normalized spacial score (nSPS) is 13.3. The maximum absolute atomic E-state index is 9.75. The average Bonchev–Trinajstić information content (AvgIpc) is 3.00. The topological polar surface area (TPSA) is 49.7 Å². The third-order valence-corrected chi connectivity index (χ3v) is 9.50. The third kappa shape index (κ3) is 34.5. The highest BCUT2D eigenvalue weighted by Crippen LogP contribution is 2.17. The molecule has 0 aliphatic carbocycles. The van der Waals surface area contributed by atoms with Crippen LogP contribution < -0.4 is 0 Å². The van der Waals surface area contributed by atoms with E-state index in [0.717, 1.165) is 25.2 Å². The molecule has 0 saturated carbocycles. The Morgan fingerprint density at radius 3 is 1.50 bits per heavy atom. The molecule has 2 atom stereocenters. The summed E-state index contributed by atoms with van der Waals surface area (Å²) in [5, 5.41) is 18.9. The van der Waals surface area contributed by atoms with Crippen LogP contribution in [0.25, 0.3) is 0 Å². The average molecular weight is 612 g/mol. The van der Waals surface area contributed by atoms with Crippen molar-refractivity contribution in [2.45, 2.75) is 199 Å². The highest BCUT2D eigenvalue weighted by Gasteiger charge is 2.13. The lowest BCUT2D eigenvalue weighted by atomic mass is 10.0. The maximum atomic E-state index is 9.75. The van der Waals surface area contributed by atoms with E-state index in [1.165, 1.54) is 166 Å². The molecule has 3 nitrogen and oxygen atoms in total. The molecule has 0 aromatic heterocycles.